The first-order valence-corrected chi connectivity index (χ1v) is 17.0. The quantitative estimate of drug-likeness (QED) is 0.0425. The van der Waals surface area contributed by atoms with Gasteiger partial charge in [0.25, 0.3) is 0 Å². The van der Waals surface area contributed by atoms with Gasteiger partial charge >= 0.3 is 7.82 Å². The van der Waals surface area contributed by atoms with Gasteiger partial charge in [0.2, 0.25) is 5.91 Å². The highest BCUT2D eigenvalue weighted by atomic mass is 31.2. The van der Waals surface area contributed by atoms with Crippen molar-refractivity contribution in [3.8, 4) is 0 Å². The fourth-order valence-electron chi connectivity index (χ4n) is 4.31. The Hall–Kier alpha value is -0.760. The molecule has 0 aliphatic carbocycles. The third kappa shape index (κ3) is 27.2. The van der Waals surface area contributed by atoms with Crippen LogP contribution in [0, 0.1) is 0 Å². The van der Waals surface area contributed by atoms with E-state index in [1.54, 1.807) is 6.08 Å². The molecule has 0 aliphatic rings. The van der Waals surface area contributed by atoms with E-state index in [4.69, 9.17) is 9.05 Å². The van der Waals surface area contributed by atoms with E-state index in [0.717, 1.165) is 19.3 Å². The van der Waals surface area contributed by atoms with E-state index in [1.807, 2.05) is 27.2 Å². The summed E-state index contributed by atoms with van der Waals surface area (Å²) in [7, 11) is 1.56. The number of nitrogens with zero attached hydrogens (tertiary/aromatic N) is 1. The first-order valence-electron chi connectivity index (χ1n) is 15.5. The Morgan fingerprint density at radius 2 is 1.31 bits per heavy atom. The first kappa shape index (κ1) is 38.2. The van der Waals surface area contributed by atoms with Gasteiger partial charge in [0.1, 0.15) is 13.2 Å². The van der Waals surface area contributed by atoms with Crippen LogP contribution >= 0.6 is 7.82 Å². The largest absolute Gasteiger partial charge is 0.472 e. The number of phosphoric acid groups is 1. The SMILES string of the molecule is CCCCCCCCCCCCCCCCCC/C=C/C(O)C(COP(=O)(O)OCC[N+](C)(C)C)NC(C)=O. The molecular formula is C30H62N2O6P+. The minimum atomic E-state index is -4.28. The standard InChI is InChI=1S/C30H61N2O6P/c1-6-7-8-9-10-11-12-13-14-15-16-17-18-19-20-21-22-23-24-30(34)29(31-28(2)33)27-38-39(35,36)37-26-25-32(3,4)5/h23-24,29-30,34H,6-22,25-27H2,1-5H3,(H-,31,33,35,36)/p+1/b24-23+. The highest BCUT2D eigenvalue weighted by Gasteiger charge is 2.27. The molecule has 9 heteroatoms. The molecule has 3 unspecified atom stereocenters. The topological polar surface area (TPSA) is 105 Å². The molecule has 0 spiro atoms. The summed E-state index contributed by atoms with van der Waals surface area (Å²) in [5.74, 6) is -0.354. The monoisotopic (exact) mass is 577 g/mol. The molecule has 8 nitrogen and oxygen atoms in total. The molecule has 0 bridgehead atoms. The normalized spacial score (nSPS) is 15.4. The summed E-state index contributed by atoms with van der Waals surface area (Å²) in [6.45, 7) is 3.86. The number of aliphatic hydroxyl groups is 1. The Balaban J connectivity index is 3.93. The summed E-state index contributed by atoms with van der Waals surface area (Å²) in [6.07, 6.45) is 24.6. The lowest BCUT2D eigenvalue weighted by atomic mass is 10.0. The molecule has 0 heterocycles. The summed E-state index contributed by atoms with van der Waals surface area (Å²) in [4.78, 5) is 21.4. The smallest absolute Gasteiger partial charge is 0.387 e. The Labute approximate surface area is 240 Å². The van der Waals surface area contributed by atoms with E-state index in [9.17, 15) is 19.4 Å². The Morgan fingerprint density at radius 1 is 0.846 bits per heavy atom. The zero-order valence-electron chi connectivity index (χ0n) is 25.9. The highest BCUT2D eigenvalue weighted by molar-refractivity contribution is 7.47. The number of aliphatic hydroxyl groups excluding tert-OH is 1. The number of phosphoric ester groups is 1. The van der Waals surface area contributed by atoms with Gasteiger partial charge < -0.3 is 19.8 Å². The molecule has 0 aromatic heterocycles. The first-order chi connectivity index (χ1) is 18.5. The van der Waals surface area contributed by atoms with Crippen molar-refractivity contribution in [1.29, 1.82) is 0 Å². The molecule has 0 aromatic carbocycles. The molecule has 232 valence electrons. The van der Waals surface area contributed by atoms with Gasteiger partial charge in [-0.1, -0.05) is 115 Å². The lowest BCUT2D eigenvalue weighted by Gasteiger charge is -2.25. The molecule has 0 fully saturated rings. The van der Waals surface area contributed by atoms with Gasteiger partial charge in [-0.25, -0.2) is 4.57 Å². The molecule has 0 radical (unpaired) electrons. The number of carbonyl (C=O) groups is 1. The molecular weight excluding hydrogens is 515 g/mol. The van der Waals surface area contributed by atoms with Gasteiger partial charge in [-0.2, -0.15) is 0 Å². The third-order valence-corrected chi connectivity index (χ3v) is 7.78. The van der Waals surface area contributed by atoms with Crippen LogP contribution in [0.5, 0.6) is 0 Å². The van der Waals surface area contributed by atoms with E-state index in [0.29, 0.717) is 11.0 Å². The second-order valence-corrected chi connectivity index (χ2v) is 13.4. The van der Waals surface area contributed by atoms with Gasteiger partial charge in [0.15, 0.2) is 0 Å². The number of carbonyl (C=O) groups excluding carboxylic acids is 1. The number of amides is 1. The zero-order valence-corrected chi connectivity index (χ0v) is 26.8. The summed E-state index contributed by atoms with van der Waals surface area (Å²) < 4.78 is 22.8. The number of hydrogen-bond donors (Lipinski definition) is 3. The Kier molecular flexibility index (Phi) is 23.4. The van der Waals surface area contributed by atoms with Crippen LogP contribution in [0.4, 0.5) is 0 Å². The molecule has 39 heavy (non-hydrogen) atoms. The van der Waals surface area contributed by atoms with E-state index < -0.39 is 20.0 Å². The van der Waals surface area contributed by atoms with Crippen LogP contribution in [0.3, 0.4) is 0 Å². The van der Waals surface area contributed by atoms with E-state index in [1.165, 1.54) is 96.8 Å². The van der Waals surface area contributed by atoms with Crippen LogP contribution in [0.1, 0.15) is 123 Å². The Bertz CT molecular complexity index is 668. The van der Waals surface area contributed by atoms with Crippen LogP contribution in [-0.2, 0) is 18.4 Å². The van der Waals surface area contributed by atoms with Crippen molar-refractivity contribution in [2.75, 3.05) is 40.9 Å². The van der Waals surface area contributed by atoms with Crippen LogP contribution in [0.25, 0.3) is 0 Å². The van der Waals surface area contributed by atoms with E-state index in [2.05, 4.69) is 12.2 Å². The molecule has 0 saturated carbocycles. The second kappa shape index (κ2) is 23.9. The number of likely N-dealkylation sites (N-methyl/N-ethyl adjacent to an activating group) is 1. The molecule has 0 aromatic rings. The molecule has 0 rings (SSSR count). The number of rotatable bonds is 27. The van der Waals surface area contributed by atoms with Crippen LogP contribution < -0.4 is 5.32 Å². The minimum Gasteiger partial charge on any atom is -0.387 e. The maximum absolute atomic E-state index is 12.1. The average molecular weight is 578 g/mol. The number of nitrogens with one attached hydrogen (secondary N) is 1. The van der Waals surface area contributed by atoms with Crippen molar-refractivity contribution in [2.24, 2.45) is 0 Å². The summed E-state index contributed by atoms with van der Waals surface area (Å²) in [5, 5.41) is 13.1. The lowest BCUT2D eigenvalue weighted by Crippen LogP contribution is -2.44. The van der Waals surface area contributed by atoms with Crippen molar-refractivity contribution in [2.45, 2.75) is 135 Å². The Morgan fingerprint density at radius 3 is 1.74 bits per heavy atom. The molecule has 3 atom stereocenters. The van der Waals surface area contributed by atoms with Crippen molar-refractivity contribution in [3.05, 3.63) is 12.2 Å². The van der Waals surface area contributed by atoms with Crippen molar-refractivity contribution in [1.82, 2.24) is 5.32 Å². The summed E-state index contributed by atoms with van der Waals surface area (Å²) in [5.41, 5.74) is 0. The third-order valence-electron chi connectivity index (χ3n) is 6.79. The molecule has 3 N–H and O–H groups in total. The average Bonchev–Trinajstić information content (AvgIpc) is 2.84. The van der Waals surface area contributed by atoms with Crippen molar-refractivity contribution in [3.63, 3.8) is 0 Å². The fraction of sp³-hybridized carbons (Fsp3) is 0.900. The van der Waals surface area contributed by atoms with Gasteiger partial charge in [0.05, 0.1) is 39.9 Å². The minimum absolute atomic E-state index is 0.0594. The number of hydrogen-bond acceptors (Lipinski definition) is 5. The van der Waals surface area contributed by atoms with Crippen LogP contribution in [-0.4, -0.2) is 73.4 Å². The molecule has 0 saturated heterocycles. The fourth-order valence-corrected chi connectivity index (χ4v) is 5.04. The van der Waals surface area contributed by atoms with E-state index >= 15 is 0 Å². The van der Waals surface area contributed by atoms with Crippen molar-refractivity contribution >= 4 is 13.7 Å². The van der Waals surface area contributed by atoms with Crippen LogP contribution in [0.15, 0.2) is 12.2 Å². The number of unbranched alkanes of at least 4 members (excludes halogenated alkanes) is 16. The summed E-state index contributed by atoms with van der Waals surface area (Å²) >= 11 is 0. The maximum atomic E-state index is 12.1. The molecule has 0 aliphatic heterocycles. The second-order valence-electron chi connectivity index (χ2n) is 11.9. The van der Waals surface area contributed by atoms with E-state index in [-0.39, 0.29) is 19.1 Å². The summed E-state index contributed by atoms with van der Waals surface area (Å²) in [6, 6.07) is -0.841. The van der Waals surface area contributed by atoms with Gasteiger partial charge in [0, 0.05) is 6.92 Å². The van der Waals surface area contributed by atoms with Gasteiger partial charge in [-0.05, 0) is 12.8 Å². The lowest BCUT2D eigenvalue weighted by molar-refractivity contribution is -0.870. The number of quaternary nitrogens is 1. The highest BCUT2D eigenvalue weighted by Crippen LogP contribution is 2.43. The van der Waals surface area contributed by atoms with Crippen LogP contribution in [0.2, 0.25) is 0 Å². The van der Waals surface area contributed by atoms with Gasteiger partial charge in [-0.15, -0.1) is 0 Å². The molecule has 1 amide bonds. The maximum Gasteiger partial charge on any atom is 0.472 e. The number of allylic oxidation sites excluding steroid dienone is 1. The predicted octanol–water partition coefficient (Wildman–Crippen LogP) is 6.90. The van der Waals surface area contributed by atoms with Crippen molar-refractivity contribution < 1.29 is 32.9 Å². The van der Waals surface area contributed by atoms with Gasteiger partial charge in [-0.3, -0.25) is 13.8 Å². The predicted molar refractivity (Wildman–Crippen MR) is 162 cm³/mol. The zero-order chi connectivity index (χ0) is 29.4.